The maximum absolute atomic E-state index is 12.3. The van der Waals surface area contributed by atoms with Crippen LogP contribution >= 0.6 is 11.6 Å². The zero-order chi connectivity index (χ0) is 17.0. The Balaban J connectivity index is 2.15. The van der Waals surface area contributed by atoms with E-state index in [1.807, 2.05) is 0 Å². The van der Waals surface area contributed by atoms with E-state index in [0.29, 0.717) is 27.5 Å². The molecule has 0 bridgehead atoms. The van der Waals surface area contributed by atoms with E-state index >= 15 is 0 Å². The summed E-state index contributed by atoms with van der Waals surface area (Å²) in [7, 11) is 1.47. The molecule has 0 spiro atoms. The summed E-state index contributed by atoms with van der Waals surface area (Å²) < 4.78 is 5.14. The molecule has 120 valence electrons. The van der Waals surface area contributed by atoms with Gasteiger partial charge in [0.2, 0.25) is 0 Å². The minimum absolute atomic E-state index is 0.203. The zero-order valence-corrected chi connectivity index (χ0v) is 13.5. The molecule has 0 saturated carbocycles. The highest BCUT2D eigenvalue weighted by Gasteiger charge is 2.13. The van der Waals surface area contributed by atoms with Gasteiger partial charge in [-0.15, -0.1) is 0 Å². The summed E-state index contributed by atoms with van der Waals surface area (Å²) in [5, 5.41) is 12.3. The lowest BCUT2D eigenvalue weighted by Crippen LogP contribution is -2.23. The van der Waals surface area contributed by atoms with Crippen LogP contribution in [0.15, 0.2) is 36.4 Å². The van der Waals surface area contributed by atoms with E-state index in [4.69, 9.17) is 21.4 Å². The Labute approximate surface area is 138 Å². The predicted molar refractivity (Wildman–Crippen MR) is 87.3 cm³/mol. The molecule has 0 saturated heterocycles. The first-order chi connectivity index (χ1) is 10.9. The van der Waals surface area contributed by atoms with Crippen LogP contribution in [0.5, 0.6) is 5.75 Å². The molecule has 0 fully saturated rings. The molecule has 0 radical (unpaired) electrons. The fourth-order valence-electron chi connectivity index (χ4n) is 2.14. The van der Waals surface area contributed by atoms with E-state index < -0.39 is 5.97 Å². The lowest BCUT2D eigenvalue weighted by Gasteiger charge is -2.10. The molecular weight excluding hydrogens is 318 g/mol. The average Bonchev–Trinajstić information content (AvgIpc) is 2.53. The van der Waals surface area contributed by atoms with Gasteiger partial charge in [0.15, 0.2) is 0 Å². The Morgan fingerprint density at radius 2 is 1.91 bits per heavy atom. The third-order valence-corrected chi connectivity index (χ3v) is 3.63. The maximum Gasteiger partial charge on any atom is 0.335 e. The number of ether oxygens (including phenoxy) is 1. The molecule has 0 aliphatic heterocycles. The van der Waals surface area contributed by atoms with Gasteiger partial charge in [-0.05, 0) is 42.3 Å². The molecule has 23 heavy (non-hydrogen) atoms. The number of methoxy groups -OCH3 is 1. The SMILES string of the molecule is COc1ccc(Cl)cc1C(=O)NCc1ccc(C)c(C(=O)O)c1. The number of nitrogens with one attached hydrogen (secondary N) is 1. The number of amides is 1. The predicted octanol–water partition coefficient (Wildman–Crippen LogP) is 3.29. The molecule has 5 nitrogen and oxygen atoms in total. The molecular formula is C17H16ClNO4. The summed E-state index contributed by atoms with van der Waals surface area (Å²) >= 11 is 5.91. The van der Waals surface area contributed by atoms with Gasteiger partial charge in [-0.1, -0.05) is 23.7 Å². The zero-order valence-electron chi connectivity index (χ0n) is 12.7. The van der Waals surface area contributed by atoms with Crippen molar-refractivity contribution in [3.8, 4) is 5.75 Å². The van der Waals surface area contributed by atoms with Gasteiger partial charge < -0.3 is 15.2 Å². The van der Waals surface area contributed by atoms with Crippen LogP contribution in [0.25, 0.3) is 0 Å². The molecule has 0 heterocycles. The molecule has 2 rings (SSSR count). The van der Waals surface area contributed by atoms with Crippen molar-refractivity contribution in [1.29, 1.82) is 0 Å². The van der Waals surface area contributed by atoms with Gasteiger partial charge in [0.05, 0.1) is 18.2 Å². The van der Waals surface area contributed by atoms with E-state index in [-0.39, 0.29) is 18.0 Å². The Bertz CT molecular complexity index is 758. The Hall–Kier alpha value is -2.53. The second-order valence-corrected chi connectivity index (χ2v) is 5.42. The third-order valence-electron chi connectivity index (χ3n) is 3.39. The van der Waals surface area contributed by atoms with Crippen LogP contribution in [0, 0.1) is 6.92 Å². The highest BCUT2D eigenvalue weighted by atomic mass is 35.5. The summed E-state index contributed by atoms with van der Waals surface area (Å²) in [5.41, 5.74) is 1.91. The lowest BCUT2D eigenvalue weighted by atomic mass is 10.0. The van der Waals surface area contributed by atoms with Crippen LogP contribution in [0.3, 0.4) is 0 Å². The largest absolute Gasteiger partial charge is 0.496 e. The quantitative estimate of drug-likeness (QED) is 0.880. The molecule has 0 aliphatic rings. The minimum Gasteiger partial charge on any atom is -0.496 e. The highest BCUT2D eigenvalue weighted by Crippen LogP contribution is 2.22. The highest BCUT2D eigenvalue weighted by molar-refractivity contribution is 6.31. The van der Waals surface area contributed by atoms with Crippen LogP contribution < -0.4 is 10.1 Å². The first-order valence-electron chi connectivity index (χ1n) is 6.87. The Kier molecular flexibility index (Phi) is 5.24. The van der Waals surface area contributed by atoms with Crippen molar-refractivity contribution >= 4 is 23.5 Å². The van der Waals surface area contributed by atoms with Crippen molar-refractivity contribution in [3.05, 3.63) is 63.7 Å². The number of carbonyl (C=O) groups excluding carboxylic acids is 1. The summed E-state index contributed by atoms with van der Waals surface area (Å²) in [6, 6.07) is 9.81. The molecule has 0 atom stereocenters. The molecule has 2 aromatic carbocycles. The van der Waals surface area contributed by atoms with Gasteiger partial charge in [-0.2, -0.15) is 0 Å². The van der Waals surface area contributed by atoms with E-state index in [2.05, 4.69) is 5.32 Å². The summed E-state index contributed by atoms with van der Waals surface area (Å²) in [6.45, 7) is 1.93. The van der Waals surface area contributed by atoms with Crippen molar-refractivity contribution in [3.63, 3.8) is 0 Å². The monoisotopic (exact) mass is 333 g/mol. The van der Waals surface area contributed by atoms with Gasteiger partial charge in [0.1, 0.15) is 5.75 Å². The van der Waals surface area contributed by atoms with Gasteiger partial charge in [0, 0.05) is 11.6 Å². The van der Waals surface area contributed by atoms with Gasteiger partial charge in [0.25, 0.3) is 5.91 Å². The molecule has 0 aliphatic carbocycles. The number of carbonyl (C=O) groups is 2. The molecule has 2 aromatic rings. The number of carboxylic acid groups (broad SMARTS) is 1. The maximum atomic E-state index is 12.3. The normalized spacial score (nSPS) is 10.2. The number of carboxylic acids is 1. The summed E-state index contributed by atoms with van der Waals surface area (Å²) in [4.78, 5) is 23.4. The van der Waals surface area contributed by atoms with E-state index in [0.717, 1.165) is 0 Å². The van der Waals surface area contributed by atoms with Gasteiger partial charge >= 0.3 is 5.97 Å². The van der Waals surface area contributed by atoms with Crippen LogP contribution in [-0.4, -0.2) is 24.1 Å². The van der Waals surface area contributed by atoms with Crippen molar-refractivity contribution in [2.45, 2.75) is 13.5 Å². The Morgan fingerprint density at radius 1 is 1.17 bits per heavy atom. The van der Waals surface area contributed by atoms with E-state index in [1.54, 1.807) is 37.3 Å². The number of hydrogen-bond acceptors (Lipinski definition) is 3. The van der Waals surface area contributed by atoms with E-state index in [9.17, 15) is 9.59 Å². The smallest absolute Gasteiger partial charge is 0.335 e. The Morgan fingerprint density at radius 3 is 2.57 bits per heavy atom. The third kappa shape index (κ3) is 4.02. The van der Waals surface area contributed by atoms with Crippen LogP contribution in [0.4, 0.5) is 0 Å². The topological polar surface area (TPSA) is 75.6 Å². The molecule has 0 unspecified atom stereocenters. The second kappa shape index (κ2) is 7.15. The first-order valence-corrected chi connectivity index (χ1v) is 7.24. The first kappa shape index (κ1) is 16.8. The van der Waals surface area contributed by atoms with Crippen LogP contribution in [-0.2, 0) is 6.54 Å². The van der Waals surface area contributed by atoms with E-state index in [1.165, 1.54) is 13.2 Å². The number of rotatable bonds is 5. The number of aryl methyl sites for hydroxylation is 1. The molecule has 2 N–H and O–H groups in total. The van der Waals surface area contributed by atoms with Crippen molar-refractivity contribution in [1.82, 2.24) is 5.32 Å². The lowest BCUT2D eigenvalue weighted by molar-refractivity contribution is 0.0696. The average molecular weight is 334 g/mol. The number of benzene rings is 2. The number of halogens is 1. The van der Waals surface area contributed by atoms with Crippen molar-refractivity contribution in [2.75, 3.05) is 7.11 Å². The van der Waals surface area contributed by atoms with Crippen molar-refractivity contribution < 1.29 is 19.4 Å². The summed E-state index contributed by atoms with van der Waals surface area (Å²) in [6.07, 6.45) is 0. The van der Waals surface area contributed by atoms with Crippen LogP contribution in [0.2, 0.25) is 5.02 Å². The molecule has 0 aromatic heterocycles. The summed E-state index contributed by atoms with van der Waals surface area (Å²) in [5.74, 6) is -0.920. The fourth-order valence-corrected chi connectivity index (χ4v) is 2.32. The number of hydrogen-bond donors (Lipinski definition) is 2. The number of aromatic carboxylic acids is 1. The van der Waals surface area contributed by atoms with Gasteiger partial charge in [-0.25, -0.2) is 4.79 Å². The standard InChI is InChI=1S/C17H16ClNO4/c1-10-3-4-11(7-13(10)17(21)22)9-19-16(20)14-8-12(18)5-6-15(14)23-2/h3-8H,9H2,1-2H3,(H,19,20)(H,21,22). The second-order valence-electron chi connectivity index (χ2n) is 4.98. The van der Waals surface area contributed by atoms with Crippen molar-refractivity contribution in [2.24, 2.45) is 0 Å². The minimum atomic E-state index is -0.993. The van der Waals surface area contributed by atoms with Crippen LogP contribution in [0.1, 0.15) is 31.8 Å². The molecule has 6 heteroatoms. The fraction of sp³-hybridized carbons (Fsp3) is 0.176. The van der Waals surface area contributed by atoms with Gasteiger partial charge in [-0.3, -0.25) is 4.79 Å². The molecule has 1 amide bonds.